The third-order valence-corrected chi connectivity index (χ3v) is 9.23. The molecule has 0 aromatic carbocycles. The van der Waals surface area contributed by atoms with E-state index in [9.17, 15) is 0 Å². The molecule has 3 heteroatoms. The average molecular weight is 188 g/mol. The van der Waals surface area contributed by atoms with E-state index in [-0.39, 0.29) is 5.04 Å². The summed E-state index contributed by atoms with van der Waals surface area (Å²) in [5.74, 6) is 0. The second kappa shape index (κ2) is 2.56. The van der Waals surface area contributed by atoms with E-state index in [1.165, 1.54) is 0 Å². The van der Waals surface area contributed by atoms with E-state index in [1.54, 1.807) is 14.2 Å². The number of hydrogen-bond donors (Lipinski definition) is 0. The zero-order chi connectivity index (χ0) is 9.62. The fraction of sp³-hybridized carbons (Fsp3) is 1.00. The molecular weight excluding hydrogens is 168 g/mol. The maximum atomic E-state index is 5.59. The molecule has 0 bridgehead atoms. The Morgan fingerprint density at radius 2 is 1.42 bits per heavy atom. The van der Waals surface area contributed by atoms with Gasteiger partial charge in [-0.05, 0) is 11.5 Å². The highest BCUT2D eigenvalue weighted by Crippen LogP contribution is 2.67. The van der Waals surface area contributed by atoms with Gasteiger partial charge in [0.25, 0.3) is 0 Å². The molecule has 1 aliphatic heterocycles. The molecule has 1 heterocycles. The van der Waals surface area contributed by atoms with Gasteiger partial charge in [0, 0.05) is 19.3 Å². The van der Waals surface area contributed by atoms with Gasteiger partial charge in [-0.1, -0.05) is 27.7 Å². The summed E-state index contributed by atoms with van der Waals surface area (Å²) < 4.78 is 11.2. The summed E-state index contributed by atoms with van der Waals surface area (Å²) in [6, 6.07) is 1.11. The Hall–Kier alpha value is 0.137. The lowest BCUT2D eigenvalue weighted by Gasteiger charge is -2.62. The Kier molecular flexibility index (Phi) is 2.18. The number of rotatable bonds is 2. The van der Waals surface area contributed by atoms with Gasteiger partial charge in [0.05, 0.1) is 0 Å². The largest absolute Gasteiger partial charge is 0.397 e. The van der Waals surface area contributed by atoms with Crippen molar-refractivity contribution in [2.24, 2.45) is 5.41 Å². The van der Waals surface area contributed by atoms with Crippen LogP contribution >= 0.6 is 0 Å². The van der Waals surface area contributed by atoms with E-state index in [0.717, 1.165) is 6.04 Å². The van der Waals surface area contributed by atoms with Crippen LogP contribution in [0.2, 0.25) is 11.1 Å². The van der Waals surface area contributed by atoms with Gasteiger partial charge in [-0.25, -0.2) is 0 Å². The lowest BCUT2D eigenvalue weighted by molar-refractivity contribution is 0.0847. The highest BCUT2D eigenvalue weighted by molar-refractivity contribution is 6.74. The van der Waals surface area contributed by atoms with Crippen LogP contribution in [0.25, 0.3) is 0 Å². The molecular formula is C9H20O2Si. The van der Waals surface area contributed by atoms with Crippen LogP contribution in [0.4, 0.5) is 0 Å². The molecule has 0 radical (unpaired) electrons. The summed E-state index contributed by atoms with van der Waals surface area (Å²) in [6.45, 7) is 9.10. The molecule has 1 aliphatic rings. The standard InChI is InChI=1S/C9H20O2Si/c1-8(2)7-12(10-5,11-6)9(8,3)4/h7H2,1-6H3. The van der Waals surface area contributed by atoms with E-state index >= 15 is 0 Å². The second-order valence-electron chi connectivity index (χ2n) is 4.85. The first-order valence-corrected chi connectivity index (χ1v) is 6.46. The normalized spacial score (nSPS) is 29.5. The molecule has 0 aromatic rings. The predicted octanol–water partition coefficient (Wildman–Crippen LogP) is 2.54. The van der Waals surface area contributed by atoms with Gasteiger partial charge in [-0.2, -0.15) is 0 Å². The molecule has 2 nitrogen and oxygen atoms in total. The van der Waals surface area contributed by atoms with Crippen molar-refractivity contribution in [1.82, 2.24) is 0 Å². The number of hydrogen-bond acceptors (Lipinski definition) is 2. The average Bonchev–Trinajstić information content (AvgIpc) is 1.99. The third-order valence-electron chi connectivity index (χ3n) is 3.98. The minimum Gasteiger partial charge on any atom is -0.397 e. The maximum absolute atomic E-state index is 5.59. The van der Waals surface area contributed by atoms with Crippen molar-refractivity contribution in [3.8, 4) is 0 Å². The fourth-order valence-corrected chi connectivity index (χ4v) is 6.51. The summed E-state index contributed by atoms with van der Waals surface area (Å²) in [4.78, 5) is 0. The smallest absolute Gasteiger partial charge is 0.344 e. The molecule has 0 saturated carbocycles. The molecule has 1 rings (SSSR count). The van der Waals surface area contributed by atoms with E-state index in [2.05, 4.69) is 27.7 Å². The summed E-state index contributed by atoms with van der Waals surface area (Å²) >= 11 is 0. The molecule has 0 aliphatic carbocycles. The molecule has 0 atom stereocenters. The molecule has 12 heavy (non-hydrogen) atoms. The molecule has 0 spiro atoms. The van der Waals surface area contributed by atoms with Crippen molar-refractivity contribution in [3.63, 3.8) is 0 Å². The van der Waals surface area contributed by atoms with Gasteiger partial charge in [-0.3, -0.25) is 0 Å². The SMILES string of the molecule is CO[Si]1(OC)CC(C)(C)C1(C)C. The Labute approximate surface area is 76.5 Å². The van der Waals surface area contributed by atoms with Crippen LogP contribution in [0.3, 0.4) is 0 Å². The second-order valence-corrected chi connectivity index (χ2v) is 8.77. The molecule has 0 unspecified atom stereocenters. The van der Waals surface area contributed by atoms with Crippen molar-refractivity contribution < 1.29 is 8.85 Å². The summed E-state index contributed by atoms with van der Waals surface area (Å²) in [5, 5.41) is 0.226. The first-order chi connectivity index (χ1) is 5.33. The van der Waals surface area contributed by atoms with Crippen LogP contribution in [0.15, 0.2) is 0 Å². The van der Waals surface area contributed by atoms with Crippen molar-refractivity contribution in [2.45, 2.75) is 38.8 Å². The van der Waals surface area contributed by atoms with E-state index in [0.29, 0.717) is 5.41 Å². The molecule has 0 N–H and O–H groups in total. The van der Waals surface area contributed by atoms with Crippen molar-refractivity contribution in [2.75, 3.05) is 14.2 Å². The molecule has 0 amide bonds. The van der Waals surface area contributed by atoms with E-state index in [4.69, 9.17) is 8.85 Å². The highest BCUT2D eigenvalue weighted by atomic mass is 28.4. The van der Waals surface area contributed by atoms with E-state index in [1.807, 2.05) is 0 Å². The monoisotopic (exact) mass is 188 g/mol. The predicted molar refractivity (Wildman–Crippen MR) is 52.4 cm³/mol. The molecule has 1 saturated heterocycles. The fourth-order valence-electron chi connectivity index (χ4n) is 2.17. The van der Waals surface area contributed by atoms with Gasteiger partial charge >= 0.3 is 8.56 Å². The quantitative estimate of drug-likeness (QED) is 0.620. The van der Waals surface area contributed by atoms with Gasteiger partial charge < -0.3 is 8.85 Å². The maximum Gasteiger partial charge on any atom is 0.344 e. The van der Waals surface area contributed by atoms with Crippen molar-refractivity contribution in [3.05, 3.63) is 0 Å². The van der Waals surface area contributed by atoms with Gasteiger partial charge in [0.2, 0.25) is 0 Å². The third kappa shape index (κ3) is 0.932. The summed E-state index contributed by atoms with van der Waals surface area (Å²) in [6.07, 6.45) is 0. The summed E-state index contributed by atoms with van der Waals surface area (Å²) in [7, 11) is 1.72. The van der Waals surface area contributed by atoms with Crippen LogP contribution in [0.1, 0.15) is 27.7 Å². The van der Waals surface area contributed by atoms with Crippen LogP contribution in [0, 0.1) is 5.41 Å². The van der Waals surface area contributed by atoms with Crippen LogP contribution in [-0.2, 0) is 8.85 Å². The highest BCUT2D eigenvalue weighted by Gasteiger charge is 2.69. The zero-order valence-electron chi connectivity index (χ0n) is 9.02. The Morgan fingerprint density at radius 1 is 1.00 bits per heavy atom. The Bertz CT molecular complexity index is 183. The lowest BCUT2D eigenvalue weighted by Crippen LogP contribution is -2.67. The first kappa shape index (κ1) is 10.2. The molecule has 0 aromatic heterocycles. The minimum atomic E-state index is -1.85. The van der Waals surface area contributed by atoms with Crippen molar-refractivity contribution >= 4 is 8.56 Å². The minimum absolute atomic E-state index is 0.226. The summed E-state index contributed by atoms with van der Waals surface area (Å²) in [5.41, 5.74) is 0.366. The van der Waals surface area contributed by atoms with Crippen molar-refractivity contribution in [1.29, 1.82) is 0 Å². The molecule has 1 fully saturated rings. The Balaban J connectivity index is 2.88. The zero-order valence-corrected chi connectivity index (χ0v) is 10.0. The van der Waals surface area contributed by atoms with Crippen LogP contribution < -0.4 is 0 Å². The van der Waals surface area contributed by atoms with Gasteiger partial charge in [0.1, 0.15) is 0 Å². The van der Waals surface area contributed by atoms with Gasteiger partial charge in [-0.15, -0.1) is 0 Å². The van der Waals surface area contributed by atoms with E-state index < -0.39 is 8.56 Å². The molecule has 72 valence electrons. The van der Waals surface area contributed by atoms with Gasteiger partial charge in [0.15, 0.2) is 0 Å². The topological polar surface area (TPSA) is 18.5 Å². The Morgan fingerprint density at radius 3 is 1.50 bits per heavy atom. The lowest BCUT2D eigenvalue weighted by atomic mass is 9.80. The first-order valence-electron chi connectivity index (χ1n) is 4.43. The van der Waals surface area contributed by atoms with Crippen LogP contribution in [-0.4, -0.2) is 22.8 Å². The van der Waals surface area contributed by atoms with Crippen LogP contribution in [0.5, 0.6) is 0 Å².